The number of pyridine rings is 1. The molecule has 210 valence electrons. The summed E-state index contributed by atoms with van der Waals surface area (Å²) in [6.45, 7) is 6.54. The third-order valence-corrected chi connectivity index (χ3v) is 8.54. The molecule has 0 unspecified atom stereocenters. The van der Waals surface area contributed by atoms with Gasteiger partial charge in [-0.05, 0) is 79.0 Å². The van der Waals surface area contributed by atoms with Gasteiger partial charge < -0.3 is 19.7 Å². The minimum Gasteiger partial charge on any atom is -0.370 e. The number of halogens is 1. The summed E-state index contributed by atoms with van der Waals surface area (Å²) < 4.78 is 1.97. The number of piperidine rings is 1. The number of rotatable bonds is 6. The van der Waals surface area contributed by atoms with Gasteiger partial charge in [-0.15, -0.1) is 0 Å². The number of nitro benzene ring substituents is 1. The van der Waals surface area contributed by atoms with E-state index >= 15 is 0 Å². The molecule has 0 aliphatic carbocycles. The predicted octanol–water partition coefficient (Wildman–Crippen LogP) is 7.09. The van der Waals surface area contributed by atoms with E-state index in [0.717, 1.165) is 35.9 Å². The van der Waals surface area contributed by atoms with Crippen molar-refractivity contribution in [1.29, 1.82) is 0 Å². The molecular formula is C31H31ClN6O2S. The lowest BCUT2D eigenvalue weighted by atomic mass is 9.91. The Kier molecular flexibility index (Phi) is 7.40. The van der Waals surface area contributed by atoms with Crippen LogP contribution in [0.2, 0.25) is 5.02 Å². The summed E-state index contributed by atoms with van der Waals surface area (Å²) >= 11 is 12.9. The molecule has 2 aliphatic heterocycles. The lowest BCUT2D eigenvalue weighted by Gasteiger charge is -2.37. The molecule has 4 atom stereocenters. The number of thiocarbonyl (C=S) groups is 1. The number of benzene rings is 2. The molecule has 41 heavy (non-hydrogen) atoms. The first-order chi connectivity index (χ1) is 19.8. The lowest BCUT2D eigenvalue weighted by molar-refractivity contribution is -0.384. The highest BCUT2D eigenvalue weighted by Crippen LogP contribution is 2.44. The fourth-order valence-corrected chi connectivity index (χ4v) is 6.96. The van der Waals surface area contributed by atoms with Crippen molar-refractivity contribution in [3.05, 3.63) is 112 Å². The summed E-state index contributed by atoms with van der Waals surface area (Å²) in [7, 11) is 0. The SMILES string of the molecule is C[C@@H]1C[C@H](C)CN(c2ccc(N3C(=S)N[C@@H](c4ccccn4)[C@H]3c3cccn3-c3cccc([N+](=O)[O-])c3)cc2Cl)C1. The summed E-state index contributed by atoms with van der Waals surface area (Å²) in [5.41, 5.74) is 4.37. The Hall–Kier alpha value is -3.95. The largest absolute Gasteiger partial charge is 0.370 e. The highest BCUT2D eigenvalue weighted by molar-refractivity contribution is 7.80. The zero-order chi connectivity index (χ0) is 28.7. The van der Waals surface area contributed by atoms with Crippen molar-refractivity contribution in [2.45, 2.75) is 32.4 Å². The third kappa shape index (κ3) is 5.27. The molecule has 2 aromatic carbocycles. The number of hydrogen-bond acceptors (Lipinski definition) is 5. The van der Waals surface area contributed by atoms with Crippen LogP contribution < -0.4 is 15.1 Å². The molecule has 0 bridgehead atoms. The van der Waals surface area contributed by atoms with Gasteiger partial charge in [-0.25, -0.2) is 0 Å². The first-order valence-corrected chi connectivity index (χ1v) is 14.6. The van der Waals surface area contributed by atoms with Gasteiger partial charge in [0.2, 0.25) is 0 Å². The maximum Gasteiger partial charge on any atom is 0.271 e. The topological polar surface area (TPSA) is 79.5 Å². The molecule has 0 radical (unpaired) electrons. The Morgan fingerprint density at radius 2 is 1.80 bits per heavy atom. The average Bonchev–Trinajstić information content (AvgIpc) is 3.57. The monoisotopic (exact) mass is 586 g/mol. The molecule has 0 spiro atoms. The molecule has 4 aromatic rings. The summed E-state index contributed by atoms with van der Waals surface area (Å²) in [6, 6.07) is 22.0. The zero-order valence-electron chi connectivity index (χ0n) is 22.9. The second-order valence-electron chi connectivity index (χ2n) is 11.1. The van der Waals surface area contributed by atoms with Crippen LogP contribution in [0, 0.1) is 22.0 Å². The molecule has 8 nitrogen and oxygen atoms in total. The maximum atomic E-state index is 11.5. The smallest absolute Gasteiger partial charge is 0.271 e. The van der Waals surface area contributed by atoms with Gasteiger partial charge in [0.15, 0.2) is 5.11 Å². The second kappa shape index (κ2) is 11.1. The van der Waals surface area contributed by atoms with Crippen molar-refractivity contribution in [2.24, 2.45) is 11.8 Å². The number of nitrogens with one attached hydrogen (secondary N) is 1. The summed E-state index contributed by atoms with van der Waals surface area (Å²) in [5.74, 6) is 1.21. The van der Waals surface area contributed by atoms with Crippen molar-refractivity contribution >= 4 is 46.0 Å². The first kappa shape index (κ1) is 27.2. The molecular weight excluding hydrogens is 556 g/mol. The summed E-state index contributed by atoms with van der Waals surface area (Å²) in [4.78, 5) is 20.3. The molecule has 0 saturated carbocycles. The van der Waals surface area contributed by atoms with Crippen LogP contribution in [0.25, 0.3) is 5.69 Å². The number of nitro groups is 1. The van der Waals surface area contributed by atoms with E-state index in [2.05, 4.69) is 46.1 Å². The number of anilines is 2. The number of non-ortho nitro benzene ring substituents is 1. The highest BCUT2D eigenvalue weighted by Gasteiger charge is 2.42. The van der Waals surface area contributed by atoms with E-state index in [0.29, 0.717) is 27.7 Å². The molecule has 2 saturated heterocycles. The number of aromatic nitrogens is 2. The molecule has 0 amide bonds. The Balaban J connectivity index is 1.43. The normalized spacial score (nSPS) is 22.6. The standard InChI is InChI=1S/C31H31ClN6O2S/c1-20-15-21(2)19-35(18-20)27-12-11-23(17-25(27)32)37-30(29(34-31(37)41)26-9-3-4-13-33-26)28-10-6-14-36(28)22-7-5-8-24(16-22)38(39)40/h3-14,16-17,20-21,29-30H,15,18-19H2,1-2H3,(H,34,41)/t20-,21+,29-,30+/m0/s1. The van der Waals surface area contributed by atoms with E-state index in [1.807, 2.05) is 53.2 Å². The van der Waals surface area contributed by atoms with Crippen LogP contribution in [0.3, 0.4) is 0 Å². The van der Waals surface area contributed by atoms with E-state index in [1.165, 1.54) is 12.5 Å². The Morgan fingerprint density at radius 3 is 2.51 bits per heavy atom. The second-order valence-corrected chi connectivity index (χ2v) is 11.9. The van der Waals surface area contributed by atoms with Crippen LogP contribution in [0.15, 0.2) is 85.2 Å². The third-order valence-electron chi connectivity index (χ3n) is 7.92. The van der Waals surface area contributed by atoms with Crippen LogP contribution in [0.1, 0.15) is 43.7 Å². The van der Waals surface area contributed by atoms with Gasteiger partial charge in [0, 0.05) is 49.0 Å². The van der Waals surface area contributed by atoms with Gasteiger partial charge in [-0.1, -0.05) is 37.6 Å². The van der Waals surface area contributed by atoms with Crippen LogP contribution >= 0.6 is 23.8 Å². The fourth-order valence-electron chi connectivity index (χ4n) is 6.32. The van der Waals surface area contributed by atoms with Gasteiger partial charge in [0.25, 0.3) is 5.69 Å². The first-order valence-electron chi connectivity index (χ1n) is 13.8. The molecule has 2 aromatic heterocycles. The van der Waals surface area contributed by atoms with E-state index in [1.54, 1.807) is 18.3 Å². The van der Waals surface area contributed by atoms with Crippen LogP contribution in [0.4, 0.5) is 17.1 Å². The van der Waals surface area contributed by atoms with Crippen molar-refractivity contribution in [1.82, 2.24) is 14.9 Å². The van der Waals surface area contributed by atoms with Crippen molar-refractivity contribution in [3.63, 3.8) is 0 Å². The Morgan fingerprint density at radius 1 is 1.00 bits per heavy atom. The van der Waals surface area contributed by atoms with Crippen molar-refractivity contribution in [2.75, 3.05) is 22.9 Å². The summed E-state index contributed by atoms with van der Waals surface area (Å²) in [5, 5.41) is 16.3. The molecule has 10 heteroatoms. The quantitative estimate of drug-likeness (QED) is 0.147. The van der Waals surface area contributed by atoms with Gasteiger partial charge in [0.1, 0.15) is 6.04 Å². The fraction of sp³-hybridized carbons (Fsp3) is 0.290. The summed E-state index contributed by atoms with van der Waals surface area (Å²) in [6.07, 6.45) is 4.91. The molecule has 1 N–H and O–H groups in total. The lowest BCUT2D eigenvalue weighted by Crippen LogP contribution is -2.38. The minimum atomic E-state index is -0.380. The van der Waals surface area contributed by atoms with Gasteiger partial charge in [-0.2, -0.15) is 0 Å². The highest BCUT2D eigenvalue weighted by atomic mass is 35.5. The van der Waals surface area contributed by atoms with Crippen LogP contribution in [0.5, 0.6) is 0 Å². The number of nitrogens with zero attached hydrogens (tertiary/aromatic N) is 5. The van der Waals surface area contributed by atoms with E-state index < -0.39 is 0 Å². The minimum absolute atomic E-state index is 0.0315. The maximum absolute atomic E-state index is 11.5. The Bertz CT molecular complexity index is 1580. The van der Waals surface area contributed by atoms with Crippen LogP contribution in [-0.4, -0.2) is 32.7 Å². The number of hydrogen-bond donors (Lipinski definition) is 1. The van der Waals surface area contributed by atoms with Crippen molar-refractivity contribution < 1.29 is 4.92 Å². The van der Waals surface area contributed by atoms with E-state index in [-0.39, 0.29) is 22.7 Å². The van der Waals surface area contributed by atoms with Gasteiger partial charge >= 0.3 is 0 Å². The van der Waals surface area contributed by atoms with Crippen molar-refractivity contribution in [3.8, 4) is 5.69 Å². The van der Waals surface area contributed by atoms with Crippen LogP contribution in [-0.2, 0) is 0 Å². The predicted molar refractivity (Wildman–Crippen MR) is 167 cm³/mol. The Labute approximate surface area is 249 Å². The van der Waals surface area contributed by atoms with E-state index in [9.17, 15) is 10.1 Å². The molecule has 4 heterocycles. The molecule has 2 aliphatic rings. The van der Waals surface area contributed by atoms with Gasteiger partial charge in [-0.3, -0.25) is 15.1 Å². The molecule has 6 rings (SSSR count). The average molecular weight is 587 g/mol. The zero-order valence-corrected chi connectivity index (χ0v) is 24.4. The van der Waals surface area contributed by atoms with Gasteiger partial charge in [0.05, 0.1) is 33.1 Å². The van der Waals surface area contributed by atoms with E-state index in [4.69, 9.17) is 23.8 Å². The molecule has 2 fully saturated rings.